The van der Waals surface area contributed by atoms with Crippen molar-refractivity contribution in [1.82, 2.24) is 5.43 Å². The predicted molar refractivity (Wildman–Crippen MR) is 118 cm³/mol. The zero-order valence-corrected chi connectivity index (χ0v) is 19.3. The molecule has 0 heterocycles. The maximum absolute atomic E-state index is 11.9. The molecule has 0 spiro atoms. The maximum atomic E-state index is 11.9. The first kappa shape index (κ1) is 20.4. The standard InChI is InChI=1S/C17H15BrI2N2O3/c1-9-3-10(2)17(12(18)4-9)25-8-15(23)22-21-7-11-5-13(19)16(24)14(20)6-11/h3-7,24H,8H2,1-2H3,(H,22,23). The fourth-order valence-corrected chi connectivity index (χ4v) is 4.70. The van der Waals surface area contributed by atoms with Crippen molar-refractivity contribution in [3.05, 3.63) is 52.6 Å². The molecular formula is C17H15BrI2N2O3. The molecule has 132 valence electrons. The van der Waals surface area contributed by atoms with Gasteiger partial charge in [-0.1, -0.05) is 6.07 Å². The van der Waals surface area contributed by atoms with Gasteiger partial charge < -0.3 is 9.84 Å². The molecule has 0 aliphatic heterocycles. The van der Waals surface area contributed by atoms with Crippen LogP contribution in [0.5, 0.6) is 11.5 Å². The maximum Gasteiger partial charge on any atom is 0.277 e. The number of ether oxygens (including phenoxy) is 1. The number of hydrogen-bond acceptors (Lipinski definition) is 4. The van der Waals surface area contributed by atoms with Gasteiger partial charge in [0, 0.05) is 0 Å². The van der Waals surface area contributed by atoms with Crippen LogP contribution in [0.3, 0.4) is 0 Å². The summed E-state index contributed by atoms with van der Waals surface area (Å²) >= 11 is 7.52. The van der Waals surface area contributed by atoms with Crippen molar-refractivity contribution < 1.29 is 14.6 Å². The average Bonchev–Trinajstić information content (AvgIpc) is 2.51. The van der Waals surface area contributed by atoms with Crippen LogP contribution in [0.4, 0.5) is 0 Å². The fourth-order valence-electron chi connectivity index (χ4n) is 2.09. The quantitative estimate of drug-likeness (QED) is 0.291. The Morgan fingerprint density at radius 1 is 1.28 bits per heavy atom. The topological polar surface area (TPSA) is 70.9 Å². The van der Waals surface area contributed by atoms with Crippen molar-refractivity contribution >= 4 is 73.2 Å². The molecule has 0 saturated heterocycles. The molecule has 1 amide bonds. The predicted octanol–water partition coefficient (Wildman–Crippen LogP) is 4.51. The van der Waals surface area contributed by atoms with E-state index >= 15 is 0 Å². The first-order chi connectivity index (χ1) is 11.8. The highest BCUT2D eigenvalue weighted by Crippen LogP contribution is 2.30. The van der Waals surface area contributed by atoms with E-state index in [0.717, 1.165) is 28.3 Å². The molecule has 2 aromatic carbocycles. The number of amides is 1. The molecule has 0 bridgehead atoms. The second-order valence-corrected chi connectivity index (χ2v) is 8.49. The molecule has 0 radical (unpaired) electrons. The third-order valence-corrected chi connectivity index (χ3v) is 5.40. The van der Waals surface area contributed by atoms with Crippen LogP contribution < -0.4 is 10.2 Å². The summed E-state index contributed by atoms with van der Waals surface area (Å²) < 4.78 is 7.83. The van der Waals surface area contributed by atoms with Crippen LogP contribution in [-0.2, 0) is 4.79 Å². The van der Waals surface area contributed by atoms with E-state index in [9.17, 15) is 9.90 Å². The van der Waals surface area contributed by atoms with Gasteiger partial charge in [0.25, 0.3) is 5.91 Å². The number of benzene rings is 2. The number of phenolic OH excluding ortho intramolecular Hbond substituents is 1. The van der Waals surface area contributed by atoms with Gasteiger partial charge in [-0.3, -0.25) is 4.79 Å². The van der Waals surface area contributed by atoms with Crippen LogP contribution in [0.25, 0.3) is 0 Å². The van der Waals surface area contributed by atoms with E-state index < -0.39 is 0 Å². The molecule has 0 unspecified atom stereocenters. The Morgan fingerprint density at radius 3 is 2.52 bits per heavy atom. The first-order valence-electron chi connectivity index (χ1n) is 7.17. The smallest absolute Gasteiger partial charge is 0.277 e. The van der Waals surface area contributed by atoms with Crippen molar-refractivity contribution in [2.24, 2.45) is 5.10 Å². The third-order valence-electron chi connectivity index (χ3n) is 3.16. The third kappa shape index (κ3) is 5.81. The minimum absolute atomic E-state index is 0.134. The Labute approximate surface area is 181 Å². The summed E-state index contributed by atoms with van der Waals surface area (Å²) in [5.41, 5.74) is 5.28. The molecule has 2 aromatic rings. The van der Waals surface area contributed by atoms with Crippen LogP contribution in [0.1, 0.15) is 16.7 Å². The number of carbonyl (C=O) groups is 1. The molecule has 0 aliphatic rings. The lowest BCUT2D eigenvalue weighted by Gasteiger charge is -2.11. The van der Waals surface area contributed by atoms with Crippen LogP contribution in [-0.4, -0.2) is 23.8 Å². The van der Waals surface area contributed by atoms with Gasteiger partial charge in [-0.25, -0.2) is 5.43 Å². The van der Waals surface area contributed by atoms with Crippen LogP contribution >= 0.6 is 61.1 Å². The molecule has 0 aromatic heterocycles. The summed E-state index contributed by atoms with van der Waals surface area (Å²) in [5.74, 6) is 0.536. The highest BCUT2D eigenvalue weighted by molar-refractivity contribution is 14.1. The van der Waals surface area contributed by atoms with Gasteiger partial charge in [0.2, 0.25) is 0 Å². The Hall–Kier alpha value is -0.880. The number of carbonyl (C=O) groups excluding carboxylic acids is 1. The SMILES string of the molecule is Cc1cc(C)c(OCC(=O)NN=Cc2cc(I)c(O)c(I)c2)c(Br)c1. The van der Waals surface area contributed by atoms with Gasteiger partial charge in [-0.05, 0) is 110 Å². The summed E-state index contributed by atoms with van der Waals surface area (Å²) in [6.07, 6.45) is 1.52. The molecule has 0 aliphatic carbocycles. The number of nitrogens with one attached hydrogen (secondary N) is 1. The molecule has 25 heavy (non-hydrogen) atoms. The van der Waals surface area contributed by atoms with E-state index in [2.05, 4.69) is 26.5 Å². The number of nitrogens with zero attached hydrogens (tertiary/aromatic N) is 1. The first-order valence-corrected chi connectivity index (χ1v) is 10.1. The van der Waals surface area contributed by atoms with Gasteiger partial charge in [-0.15, -0.1) is 0 Å². The van der Waals surface area contributed by atoms with Gasteiger partial charge >= 0.3 is 0 Å². The fraction of sp³-hybridized carbons (Fsp3) is 0.176. The molecule has 0 fully saturated rings. The Bertz CT molecular complexity index is 795. The summed E-state index contributed by atoms with van der Waals surface area (Å²) in [5, 5.41) is 13.7. The number of aryl methyl sites for hydroxylation is 2. The lowest BCUT2D eigenvalue weighted by Crippen LogP contribution is -2.24. The molecule has 2 N–H and O–H groups in total. The van der Waals surface area contributed by atoms with Crippen molar-refractivity contribution in [2.75, 3.05) is 6.61 Å². The van der Waals surface area contributed by atoms with Crippen molar-refractivity contribution in [1.29, 1.82) is 0 Å². The van der Waals surface area contributed by atoms with Crippen LogP contribution in [0, 0.1) is 21.0 Å². The normalized spacial score (nSPS) is 10.9. The zero-order valence-electron chi connectivity index (χ0n) is 13.4. The van der Waals surface area contributed by atoms with Crippen LogP contribution in [0.15, 0.2) is 33.8 Å². The minimum Gasteiger partial charge on any atom is -0.506 e. The van der Waals surface area contributed by atoms with E-state index in [1.165, 1.54) is 6.21 Å². The number of phenols is 1. The summed E-state index contributed by atoms with van der Waals surface area (Å²) in [6.45, 7) is 3.79. The van der Waals surface area contributed by atoms with E-state index in [1.807, 2.05) is 71.2 Å². The van der Waals surface area contributed by atoms with E-state index in [4.69, 9.17) is 4.74 Å². The van der Waals surface area contributed by atoms with E-state index in [1.54, 1.807) is 12.1 Å². The lowest BCUT2D eigenvalue weighted by molar-refractivity contribution is -0.123. The van der Waals surface area contributed by atoms with Crippen molar-refractivity contribution in [3.63, 3.8) is 0 Å². The minimum atomic E-state index is -0.355. The largest absolute Gasteiger partial charge is 0.506 e. The molecule has 0 atom stereocenters. The average molecular weight is 629 g/mol. The Morgan fingerprint density at radius 2 is 1.92 bits per heavy atom. The summed E-state index contributed by atoms with van der Waals surface area (Å²) in [6, 6.07) is 7.48. The number of aromatic hydroxyl groups is 1. The Balaban J connectivity index is 1.93. The van der Waals surface area contributed by atoms with E-state index in [0.29, 0.717) is 5.75 Å². The highest BCUT2D eigenvalue weighted by Gasteiger charge is 2.09. The number of hydrogen-bond donors (Lipinski definition) is 2. The molecular weight excluding hydrogens is 614 g/mol. The van der Waals surface area contributed by atoms with Gasteiger partial charge in [-0.2, -0.15) is 5.10 Å². The second-order valence-electron chi connectivity index (χ2n) is 5.31. The monoisotopic (exact) mass is 628 g/mol. The lowest BCUT2D eigenvalue weighted by atomic mass is 10.1. The van der Waals surface area contributed by atoms with E-state index in [-0.39, 0.29) is 18.3 Å². The molecule has 5 nitrogen and oxygen atoms in total. The summed E-state index contributed by atoms with van der Waals surface area (Å²) in [4.78, 5) is 11.9. The number of halogens is 3. The number of rotatable bonds is 5. The van der Waals surface area contributed by atoms with Crippen molar-refractivity contribution in [3.8, 4) is 11.5 Å². The zero-order chi connectivity index (χ0) is 18.6. The second kappa shape index (κ2) is 9.17. The molecule has 2 rings (SSSR count). The van der Waals surface area contributed by atoms with Crippen LogP contribution in [0.2, 0.25) is 0 Å². The molecule has 0 saturated carbocycles. The highest BCUT2D eigenvalue weighted by atomic mass is 127. The number of hydrazone groups is 1. The van der Waals surface area contributed by atoms with Gasteiger partial charge in [0.05, 0.1) is 17.8 Å². The molecule has 8 heteroatoms. The Kier molecular flexibility index (Phi) is 7.50. The van der Waals surface area contributed by atoms with Gasteiger partial charge in [0.15, 0.2) is 6.61 Å². The van der Waals surface area contributed by atoms with Crippen molar-refractivity contribution in [2.45, 2.75) is 13.8 Å². The summed E-state index contributed by atoms with van der Waals surface area (Å²) in [7, 11) is 0. The van der Waals surface area contributed by atoms with Gasteiger partial charge in [0.1, 0.15) is 11.5 Å².